The van der Waals surface area contributed by atoms with E-state index in [0.29, 0.717) is 5.16 Å². The van der Waals surface area contributed by atoms with E-state index < -0.39 is 6.04 Å². The second kappa shape index (κ2) is 8.29. The molecule has 6 nitrogen and oxygen atoms in total. The Balaban J connectivity index is 2.11. The van der Waals surface area contributed by atoms with Gasteiger partial charge in [-0.3, -0.25) is 14.2 Å². The Morgan fingerprint density at radius 3 is 2.48 bits per heavy atom. The number of carbonyl (C=O) groups excluding carboxylic acids is 2. The summed E-state index contributed by atoms with van der Waals surface area (Å²) in [5.41, 5.74) is 2.10. The van der Waals surface area contributed by atoms with Crippen molar-refractivity contribution in [1.82, 2.24) is 20.1 Å². The van der Waals surface area contributed by atoms with E-state index in [2.05, 4.69) is 15.5 Å². The number of hydrogen-bond acceptors (Lipinski definition) is 5. The molecule has 1 aromatic heterocycles. The van der Waals surface area contributed by atoms with E-state index in [4.69, 9.17) is 0 Å². The summed E-state index contributed by atoms with van der Waals surface area (Å²) in [4.78, 5) is 23.8. The SMILES string of the molecule is CC(=O)C(NC(=O)CSc1nnc(C)n1-c1ccccc1C)C(C)C. The summed E-state index contributed by atoms with van der Waals surface area (Å²) in [5, 5.41) is 11.8. The molecule has 0 saturated heterocycles. The molecule has 1 heterocycles. The Bertz CT molecular complexity index is 770. The largest absolute Gasteiger partial charge is 0.345 e. The molecule has 1 unspecified atom stereocenters. The zero-order valence-electron chi connectivity index (χ0n) is 15.2. The van der Waals surface area contributed by atoms with Gasteiger partial charge in [0.15, 0.2) is 10.9 Å². The number of aromatic nitrogens is 3. The zero-order valence-corrected chi connectivity index (χ0v) is 16.1. The van der Waals surface area contributed by atoms with Crippen LogP contribution in [0, 0.1) is 19.8 Å². The number of Topliss-reactive ketones (excluding diaryl/α,β-unsaturated/α-hetero) is 1. The first kappa shape index (κ1) is 19.2. The summed E-state index contributed by atoms with van der Waals surface area (Å²) >= 11 is 1.31. The van der Waals surface area contributed by atoms with Gasteiger partial charge in [0.05, 0.1) is 17.5 Å². The summed E-state index contributed by atoms with van der Waals surface area (Å²) < 4.78 is 1.94. The van der Waals surface area contributed by atoms with Crippen LogP contribution in [0.25, 0.3) is 5.69 Å². The number of amides is 1. The summed E-state index contributed by atoms with van der Waals surface area (Å²) in [6.07, 6.45) is 0. The molecular weight excluding hydrogens is 336 g/mol. The lowest BCUT2D eigenvalue weighted by Gasteiger charge is -2.19. The molecule has 2 rings (SSSR count). The Morgan fingerprint density at radius 1 is 1.20 bits per heavy atom. The molecule has 1 atom stereocenters. The first-order chi connectivity index (χ1) is 11.8. The van der Waals surface area contributed by atoms with Crippen LogP contribution in [-0.4, -0.2) is 38.2 Å². The van der Waals surface area contributed by atoms with Crippen LogP contribution in [0.4, 0.5) is 0 Å². The standard InChI is InChI=1S/C18H24N4O2S/c1-11(2)17(13(4)23)19-16(24)10-25-18-21-20-14(5)22(18)15-9-7-6-8-12(15)3/h6-9,11,17H,10H2,1-5H3,(H,19,24). The Kier molecular flexibility index (Phi) is 6.36. The van der Waals surface area contributed by atoms with Crippen molar-refractivity contribution >= 4 is 23.5 Å². The monoisotopic (exact) mass is 360 g/mol. The van der Waals surface area contributed by atoms with Gasteiger partial charge in [0.1, 0.15) is 5.82 Å². The van der Waals surface area contributed by atoms with Crippen LogP contribution in [-0.2, 0) is 9.59 Å². The van der Waals surface area contributed by atoms with Crippen LogP contribution in [0.2, 0.25) is 0 Å². The van der Waals surface area contributed by atoms with E-state index in [1.807, 2.05) is 56.5 Å². The molecule has 0 bridgehead atoms. The molecule has 0 aliphatic heterocycles. The van der Waals surface area contributed by atoms with Gasteiger partial charge >= 0.3 is 0 Å². The molecule has 0 aliphatic carbocycles. The van der Waals surface area contributed by atoms with Crippen molar-refractivity contribution in [3.8, 4) is 5.69 Å². The minimum atomic E-state index is -0.455. The molecule has 134 valence electrons. The van der Waals surface area contributed by atoms with Gasteiger partial charge in [0.2, 0.25) is 5.91 Å². The molecule has 0 fully saturated rings. The lowest BCUT2D eigenvalue weighted by molar-refractivity contribution is -0.126. The maximum absolute atomic E-state index is 12.2. The predicted molar refractivity (Wildman–Crippen MR) is 99.0 cm³/mol. The number of para-hydroxylation sites is 1. The van der Waals surface area contributed by atoms with Crippen LogP contribution in [0.5, 0.6) is 0 Å². The number of aryl methyl sites for hydroxylation is 2. The average molecular weight is 360 g/mol. The lowest BCUT2D eigenvalue weighted by atomic mass is 10.0. The Morgan fingerprint density at radius 2 is 1.88 bits per heavy atom. The van der Waals surface area contributed by atoms with E-state index in [1.54, 1.807) is 0 Å². The Labute approximate surface area is 152 Å². The minimum absolute atomic E-state index is 0.0349. The zero-order chi connectivity index (χ0) is 18.6. The molecule has 2 aromatic rings. The number of rotatable bonds is 7. The van der Waals surface area contributed by atoms with Gasteiger partial charge in [-0.05, 0) is 38.3 Å². The maximum Gasteiger partial charge on any atom is 0.231 e. The smallest absolute Gasteiger partial charge is 0.231 e. The molecule has 25 heavy (non-hydrogen) atoms. The van der Waals surface area contributed by atoms with E-state index in [-0.39, 0.29) is 23.4 Å². The van der Waals surface area contributed by atoms with Crippen molar-refractivity contribution in [3.05, 3.63) is 35.7 Å². The quantitative estimate of drug-likeness (QED) is 0.768. The van der Waals surface area contributed by atoms with Crippen molar-refractivity contribution in [2.45, 2.75) is 45.8 Å². The summed E-state index contributed by atoms with van der Waals surface area (Å²) in [6, 6.07) is 7.51. The summed E-state index contributed by atoms with van der Waals surface area (Å²) in [5.74, 6) is 0.786. The van der Waals surface area contributed by atoms with Crippen LogP contribution in [0.3, 0.4) is 0 Å². The van der Waals surface area contributed by atoms with Crippen molar-refractivity contribution in [3.63, 3.8) is 0 Å². The van der Waals surface area contributed by atoms with Crippen LogP contribution in [0.15, 0.2) is 29.4 Å². The van der Waals surface area contributed by atoms with Gasteiger partial charge in [0, 0.05) is 0 Å². The van der Waals surface area contributed by atoms with E-state index in [0.717, 1.165) is 17.1 Å². The highest BCUT2D eigenvalue weighted by atomic mass is 32.2. The highest BCUT2D eigenvalue weighted by molar-refractivity contribution is 7.99. The van der Waals surface area contributed by atoms with Gasteiger partial charge < -0.3 is 5.32 Å². The van der Waals surface area contributed by atoms with Crippen molar-refractivity contribution < 1.29 is 9.59 Å². The molecule has 7 heteroatoms. The van der Waals surface area contributed by atoms with Gasteiger partial charge in [-0.15, -0.1) is 10.2 Å². The molecule has 1 aromatic carbocycles. The third-order valence-electron chi connectivity index (χ3n) is 3.91. The number of thioether (sulfide) groups is 1. The summed E-state index contributed by atoms with van der Waals surface area (Å²) in [6.45, 7) is 9.23. The number of benzene rings is 1. The molecule has 0 radical (unpaired) electrons. The molecule has 1 amide bonds. The topological polar surface area (TPSA) is 76.9 Å². The Hall–Kier alpha value is -2.15. The van der Waals surface area contributed by atoms with E-state index >= 15 is 0 Å². The second-order valence-corrected chi connectivity index (χ2v) is 7.28. The first-order valence-corrected chi connectivity index (χ1v) is 9.20. The lowest BCUT2D eigenvalue weighted by Crippen LogP contribution is -2.44. The molecule has 0 saturated carbocycles. The maximum atomic E-state index is 12.2. The fourth-order valence-electron chi connectivity index (χ4n) is 2.61. The molecule has 1 N–H and O–H groups in total. The van der Waals surface area contributed by atoms with E-state index in [9.17, 15) is 9.59 Å². The van der Waals surface area contributed by atoms with Crippen LogP contribution < -0.4 is 5.32 Å². The first-order valence-electron chi connectivity index (χ1n) is 8.22. The van der Waals surface area contributed by atoms with Crippen LogP contribution in [0.1, 0.15) is 32.2 Å². The molecular formula is C18H24N4O2S. The van der Waals surface area contributed by atoms with Gasteiger partial charge in [-0.25, -0.2) is 0 Å². The fourth-order valence-corrected chi connectivity index (χ4v) is 3.41. The molecule has 0 aliphatic rings. The third kappa shape index (κ3) is 4.69. The van der Waals surface area contributed by atoms with Crippen LogP contribution >= 0.6 is 11.8 Å². The number of ketones is 1. The van der Waals surface area contributed by atoms with Crippen molar-refractivity contribution in [1.29, 1.82) is 0 Å². The van der Waals surface area contributed by atoms with Crippen molar-refractivity contribution in [2.24, 2.45) is 5.92 Å². The number of hydrogen-bond donors (Lipinski definition) is 1. The highest BCUT2D eigenvalue weighted by Gasteiger charge is 2.21. The molecule has 0 spiro atoms. The fraction of sp³-hybridized carbons (Fsp3) is 0.444. The third-order valence-corrected chi connectivity index (χ3v) is 4.83. The minimum Gasteiger partial charge on any atom is -0.345 e. The normalized spacial score (nSPS) is 12.2. The number of nitrogens with one attached hydrogen (secondary N) is 1. The average Bonchev–Trinajstić information content (AvgIpc) is 2.91. The van der Waals surface area contributed by atoms with Crippen molar-refractivity contribution in [2.75, 3.05) is 5.75 Å². The predicted octanol–water partition coefficient (Wildman–Crippen LogP) is 2.71. The number of carbonyl (C=O) groups is 2. The summed E-state index contributed by atoms with van der Waals surface area (Å²) in [7, 11) is 0. The highest BCUT2D eigenvalue weighted by Crippen LogP contribution is 2.23. The number of nitrogens with zero attached hydrogens (tertiary/aromatic N) is 3. The second-order valence-electron chi connectivity index (χ2n) is 6.34. The van der Waals surface area contributed by atoms with E-state index in [1.165, 1.54) is 18.7 Å². The van der Waals surface area contributed by atoms with Gasteiger partial charge in [-0.2, -0.15) is 0 Å². The van der Waals surface area contributed by atoms with Gasteiger partial charge in [-0.1, -0.05) is 43.8 Å². The van der Waals surface area contributed by atoms with Gasteiger partial charge in [0.25, 0.3) is 0 Å².